The number of rotatable bonds is 5. The van der Waals surface area contributed by atoms with E-state index in [2.05, 4.69) is 16.9 Å². The number of ether oxygens (including phenoxy) is 1. The van der Waals surface area contributed by atoms with Gasteiger partial charge in [-0.15, -0.1) is 11.6 Å². The Balaban J connectivity index is 2.35. The van der Waals surface area contributed by atoms with Gasteiger partial charge in [-0.25, -0.2) is 14.8 Å². The number of benzene rings is 1. The molecule has 0 spiro atoms. The Kier molecular flexibility index (Phi) is 5.28. The Labute approximate surface area is 129 Å². The van der Waals surface area contributed by atoms with Gasteiger partial charge in [0.05, 0.1) is 18.2 Å². The lowest BCUT2D eigenvalue weighted by atomic mass is 10.1. The number of hydrogen-bond donors (Lipinski definition) is 0. The Morgan fingerprint density at radius 3 is 2.52 bits per heavy atom. The summed E-state index contributed by atoms with van der Waals surface area (Å²) < 4.78 is 4.97. The number of alkyl halides is 1. The van der Waals surface area contributed by atoms with Crippen molar-refractivity contribution in [2.75, 3.05) is 6.61 Å². The van der Waals surface area contributed by atoms with E-state index >= 15 is 0 Å². The fourth-order valence-electron chi connectivity index (χ4n) is 1.93. The van der Waals surface area contributed by atoms with E-state index in [0.717, 1.165) is 12.0 Å². The van der Waals surface area contributed by atoms with Gasteiger partial charge in [0.2, 0.25) is 0 Å². The topological polar surface area (TPSA) is 52.1 Å². The predicted octanol–water partition coefficient (Wildman–Crippen LogP) is 3.62. The molecule has 0 saturated carbocycles. The molecule has 0 atom stereocenters. The van der Waals surface area contributed by atoms with Crippen LogP contribution >= 0.6 is 11.6 Å². The highest BCUT2D eigenvalue weighted by atomic mass is 35.5. The summed E-state index contributed by atoms with van der Waals surface area (Å²) >= 11 is 5.89. The minimum absolute atomic E-state index is 0.136. The number of halogens is 1. The molecule has 1 aromatic carbocycles. The Morgan fingerprint density at radius 1 is 1.24 bits per heavy atom. The van der Waals surface area contributed by atoms with Crippen molar-refractivity contribution in [3.05, 3.63) is 47.3 Å². The zero-order valence-corrected chi connectivity index (χ0v) is 12.9. The third-order valence-corrected chi connectivity index (χ3v) is 3.36. The number of hydrogen-bond acceptors (Lipinski definition) is 4. The summed E-state index contributed by atoms with van der Waals surface area (Å²) in [5.41, 5.74) is 2.95. The first-order valence-electron chi connectivity index (χ1n) is 6.87. The summed E-state index contributed by atoms with van der Waals surface area (Å²) in [6.07, 6.45) is 2.46. The highest BCUT2D eigenvalue weighted by Crippen LogP contribution is 2.19. The zero-order valence-electron chi connectivity index (χ0n) is 12.1. The first-order valence-corrected chi connectivity index (χ1v) is 7.41. The zero-order chi connectivity index (χ0) is 15.2. The van der Waals surface area contributed by atoms with Crippen LogP contribution in [-0.4, -0.2) is 22.5 Å². The van der Waals surface area contributed by atoms with Gasteiger partial charge in [0.15, 0.2) is 5.82 Å². The average molecular weight is 305 g/mol. The van der Waals surface area contributed by atoms with Crippen LogP contribution in [0.4, 0.5) is 0 Å². The number of carbonyl (C=O) groups excluding carboxylic acids is 1. The molecule has 1 aromatic heterocycles. The van der Waals surface area contributed by atoms with E-state index < -0.39 is 5.97 Å². The van der Waals surface area contributed by atoms with Gasteiger partial charge in [0, 0.05) is 11.8 Å². The second-order valence-electron chi connectivity index (χ2n) is 4.46. The molecule has 5 heteroatoms. The summed E-state index contributed by atoms with van der Waals surface area (Å²) in [5.74, 6) is 0.249. The largest absolute Gasteiger partial charge is 0.462 e. The second-order valence-corrected chi connectivity index (χ2v) is 4.73. The first-order chi connectivity index (χ1) is 10.2. The number of aryl methyl sites for hydroxylation is 1. The number of nitrogens with zero attached hydrogens (tertiary/aromatic N) is 2. The van der Waals surface area contributed by atoms with E-state index in [9.17, 15) is 4.79 Å². The molecule has 0 fully saturated rings. The van der Waals surface area contributed by atoms with E-state index in [1.165, 1.54) is 11.8 Å². The molecule has 0 amide bonds. The van der Waals surface area contributed by atoms with Crippen LogP contribution in [0.3, 0.4) is 0 Å². The third-order valence-electron chi connectivity index (χ3n) is 3.11. The molecular formula is C16H17ClN2O2. The monoisotopic (exact) mass is 304 g/mol. The van der Waals surface area contributed by atoms with E-state index in [4.69, 9.17) is 16.3 Å². The van der Waals surface area contributed by atoms with E-state index in [0.29, 0.717) is 23.7 Å². The molecule has 21 heavy (non-hydrogen) atoms. The van der Waals surface area contributed by atoms with Crippen LogP contribution in [0.15, 0.2) is 30.5 Å². The van der Waals surface area contributed by atoms with Gasteiger partial charge >= 0.3 is 5.97 Å². The standard InChI is InChI=1S/C16H17ClN2O2/c1-3-11-5-7-12(8-6-11)15-18-10-13(14(9-17)19-15)16(20)21-4-2/h5-8,10H,3-4,9H2,1-2H3. The minimum Gasteiger partial charge on any atom is -0.462 e. The SMILES string of the molecule is CCOC(=O)c1cnc(-c2ccc(CC)cc2)nc1CCl. The maximum absolute atomic E-state index is 11.8. The maximum Gasteiger partial charge on any atom is 0.341 e. The van der Waals surface area contributed by atoms with Crippen molar-refractivity contribution in [1.82, 2.24) is 9.97 Å². The molecule has 0 saturated heterocycles. The molecule has 0 N–H and O–H groups in total. The number of esters is 1. The molecule has 0 unspecified atom stereocenters. The summed E-state index contributed by atoms with van der Waals surface area (Å²) in [5, 5.41) is 0. The van der Waals surface area contributed by atoms with Crippen LogP contribution in [0.1, 0.15) is 35.5 Å². The second kappa shape index (κ2) is 7.18. The smallest absolute Gasteiger partial charge is 0.341 e. The van der Waals surface area contributed by atoms with Gasteiger partial charge < -0.3 is 4.74 Å². The van der Waals surface area contributed by atoms with Gasteiger partial charge in [-0.05, 0) is 18.9 Å². The van der Waals surface area contributed by atoms with Crippen molar-refractivity contribution in [3.8, 4) is 11.4 Å². The normalized spacial score (nSPS) is 10.4. The van der Waals surface area contributed by atoms with Crippen LogP contribution in [0.25, 0.3) is 11.4 Å². The molecule has 0 aliphatic heterocycles. The maximum atomic E-state index is 11.8. The summed E-state index contributed by atoms with van der Waals surface area (Å²) in [4.78, 5) is 20.4. The van der Waals surface area contributed by atoms with Gasteiger partial charge in [-0.2, -0.15) is 0 Å². The fourth-order valence-corrected chi connectivity index (χ4v) is 2.13. The molecule has 4 nitrogen and oxygen atoms in total. The Bertz CT molecular complexity index is 627. The highest BCUT2D eigenvalue weighted by molar-refractivity contribution is 6.17. The molecule has 110 valence electrons. The minimum atomic E-state index is -0.443. The molecule has 0 aliphatic rings. The van der Waals surface area contributed by atoms with Crippen LogP contribution < -0.4 is 0 Å². The molecule has 0 bridgehead atoms. The van der Waals surface area contributed by atoms with Crippen molar-refractivity contribution < 1.29 is 9.53 Å². The Hall–Kier alpha value is -1.94. The van der Waals surface area contributed by atoms with Gasteiger partial charge in [0.25, 0.3) is 0 Å². The van der Waals surface area contributed by atoms with Crippen molar-refractivity contribution in [1.29, 1.82) is 0 Å². The number of carbonyl (C=O) groups is 1. The molecular weight excluding hydrogens is 288 g/mol. The van der Waals surface area contributed by atoms with Crippen molar-refractivity contribution >= 4 is 17.6 Å². The van der Waals surface area contributed by atoms with Crippen molar-refractivity contribution in [3.63, 3.8) is 0 Å². The summed E-state index contributed by atoms with van der Waals surface area (Å²) in [7, 11) is 0. The van der Waals surface area contributed by atoms with Crippen LogP contribution in [0.5, 0.6) is 0 Å². The Morgan fingerprint density at radius 2 is 1.95 bits per heavy atom. The first kappa shape index (κ1) is 15.4. The highest BCUT2D eigenvalue weighted by Gasteiger charge is 2.15. The molecule has 0 radical (unpaired) electrons. The molecule has 2 aromatic rings. The van der Waals surface area contributed by atoms with Gasteiger partial charge in [0.1, 0.15) is 5.56 Å². The van der Waals surface area contributed by atoms with E-state index in [1.54, 1.807) is 6.92 Å². The van der Waals surface area contributed by atoms with Crippen LogP contribution in [-0.2, 0) is 17.0 Å². The fraction of sp³-hybridized carbons (Fsp3) is 0.312. The molecule has 0 aliphatic carbocycles. The van der Waals surface area contributed by atoms with E-state index in [1.807, 2.05) is 24.3 Å². The van der Waals surface area contributed by atoms with Crippen LogP contribution in [0.2, 0.25) is 0 Å². The van der Waals surface area contributed by atoms with Gasteiger partial charge in [-0.3, -0.25) is 0 Å². The van der Waals surface area contributed by atoms with Crippen LogP contribution in [0, 0.1) is 0 Å². The quantitative estimate of drug-likeness (QED) is 0.625. The van der Waals surface area contributed by atoms with Gasteiger partial charge in [-0.1, -0.05) is 31.2 Å². The predicted molar refractivity (Wildman–Crippen MR) is 82.4 cm³/mol. The molecule has 2 rings (SSSR count). The summed E-state index contributed by atoms with van der Waals surface area (Å²) in [6, 6.07) is 8.02. The van der Waals surface area contributed by atoms with Crippen molar-refractivity contribution in [2.45, 2.75) is 26.1 Å². The lowest BCUT2D eigenvalue weighted by molar-refractivity contribution is 0.0524. The van der Waals surface area contributed by atoms with Crippen molar-refractivity contribution in [2.24, 2.45) is 0 Å². The molecule has 1 heterocycles. The average Bonchev–Trinajstić information content (AvgIpc) is 2.54. The number of aromatic nitrogens is 2. The van der Waals surface area contributed by atoms with E-state index in [-0.39, 0.29) is 5.88 Å². The third kappa shape index (κ3) is 3.58. The lowest BCUT2D eigenvalue weighted by Gasteiger charge is -2.08. The lowest BCUT2D eigenvalue weighted by Crippen LogP contribution is -2.10. The summed E-state index contributed by atoms with van der Waals surface area (Å²) in [6.45, 7) is 4.16.